The van der Waals surface area contributed by atoms with Gasteiger partial charge in [-0.05, 0) is 41.3 Å². The van der Waals surface area contributed by atoms with E-state index in [1.807, 2.05) is 12.1 Å². The average Bonchev–Trinajstić information content (AvgIpc) is 2.60. The molecule has 0 unspecified atom stereocenters. The first-order valence-corrected chi connectivity index (χ1v) is 9.60. The summed E-state index contributed by atoms with van der Waals surface area (Å²) in [6.07, 6.45) is 0. The number of hydrogen-bond donors (Lipinski definition) is 4. The zero-order chi connectivity index (χ0) is 20.2. The summed E-state index contributed by atoms with van der Waals surface area (Å²) < 4.78 is 0. The van der Waals surface area contributed by atoms with E-state index in [4.69, 9.17) is 17.2 Å². The van der Waals surface area contributed by atoms with E-state index in [2.05, 4.69) is 26.1 Å². The fourth-order valence-corrected chi connectivity index (χ4v) is 3.32. The van der Waals surface area contributed by atoms with Crippen LogP contribution < -0.4 is 22.5 Å². The van der Waals surface area contributed by atoms with Gasteiger partial charge in [0, 0.05) is 29.1 Å². The molecule has 0 aliphatic rings. The number of nitrogens with two attached hydrogens (primary N) is 3. The second kappa shape index (κ2) is 8.45. The Labute approximate surface area is 163 Å². The van der Waals surface area contributed by atoms with Gasteiger partial charge in [-0.1, -0.05) is 26.8 Å². The maximum absolute atomic E-state index is 12.7. The average molecular weight is 387 g/mol. The van der Waals surface area contributed by atoms with Gasteiger partial charge in [0.15, 0.2) is 0 Å². The summed E-state index contributed by atoms with van der Waals surface area (Å²) in [5.74, 6) is -0.236. The highest BCUT2D eigenvalue weighted by atomic mass is 32.2. The van der Waals surface area contributed by atoms with Crippen LogP contribution in [0.3, 0.4) is 0 Å². The Bertz CT molecular complexity index is 860. The second-order valence-corrected chi connectivity index (χ2v) is 8.33. The second-order valence-electron chi connectivity index (χ2n) is 7.23. The maximum Gasteiger partial charge on any atom is 0.255 e. The maximum atomic E-state index is 12.7. The van der Waals surface area contributed by atoms with Gasteiger partial charge in [-0.15, -0.1) is 11.8 Å². The van der Waals surface area contributed by atoms with Crippen LogP contribution in [0.4, 0.5) is 11.4 Å². The Kier molecular flexibility index (Phi) is 6.51. The molecule has 27 heavy (non-hydrogen) atoms. The van der Waals surface area contributed by atoms with Crippen molar-refractivity contribution in [1.82, 2.24) is 0 Å². The molecule has 2 aromatic rings. The van der Waals surface area contributed by atoms with Crippen LogP contribution in [0, 0.1) is 0 Å². The summed E-state index contributed by atoms with van der Waals surface area (Å²) in [4.78, 5) is 24.9. The Morgan fingerprint density at radius 3 is 2.37 bits per heavy atom. The monoisotopic (exact) mass is 386 g/mol. The first kappa shape index (κ1) is 20.8. The van der Waals surface area contributed by atoms with Crippen molar-refractivity contribution in [3.8, 4) is 0 Å². The van der Waals surface area contributed by atoms with E-state index in [9.17, 15) is 9.59 Å². The Morgan fingerprint density at radius 1 is 1.11 bits per heavy atom. The van der Waals surface area contributed by atoms with Gasteiger partial charge in [0.05, 0.1) is 10.6 Å². The van der Waals surface area contributed by atoms with Crippen molar-refractivity contribution in [3.05, 3.63) is 53.1 Å². The summed E-state index contributed by atoms with van der Waals surface area (Å²) in [7, 11) is 0. The van der Waals surface area contributed by atoms with Crippen molar-refractivity contribution in [2.24, 2.45) is 11.5 Å². The molecule has 0 radical (unpaired) electrons. The van der Waals surface area contributed by atoms with Crippen LogP contribution in [0.25, 0.3) is 0 Å². The first-order chi connectivity index (χ1) is 12.6. The molecule has 2 aromatic carbocycles. The molecule has 7 N–H and O–H groups in total. The summed E-state index contributed by atoms with van der Waals surface area (Å²) in [5.41, 5.74) is 19.9. The number of amides is 2. The number of carbonyl (C=O) groups is 2. The zero-order valence-electron chi connectivity index (χ0n) is 15.8. The molecule has 0 saturated heterocycles. The van der Waals surface area contributed by atoms with Crippen molar-refractivity contribution in [2.75, 3.05) is 23.3 Å². The van der Waals surface area contributed by atoms with Crippen LogP contribution in [0.2, 0.25) is 0 Å². The van der Waals surface area contributed by atoms with E-state index >= 15 is 0 Å². The molecule has 0 aromatic heterocycles. The summed E-state index contributed by atoms with van der Waals surface area (Å²) in [6, 6.07) is 10.2. The van der Waals surface area contributed by atoms with Crippen molar-refractivity contribution in [1.29, 1.82) is 0 Å². The van der Waals surface area contributed by atoms with Gasteiger partial charge >= 0.3 is 0 Å². The molecule has 144 valence electrons. The molecule has 0 saturated carbocycles. The quantitative estimate of drug-likeness (QED) is 0.449. The molecule has 6 nitrogen and oxygen atoms in total. The van der Waals surface area contributed by atoms with E-state index in [-0.39, 0.29) is 16.9 Å². The normalized spacial score (nSPS) is 11.3. The highest BCUT2D eigenvalue weighted by Gasteiger charge is 2.20. The van der Waals surface area contributed by atoms with Crippen molar-refractivity contribution < 1.29 is 9.59 Å². The standard InChI is InChI=1S/C20H26N4O2S/c1-20(2,3)14-10-15(22)17(27-8-7-21)16(11-14)24-19(26)13-6-4-5-12(9-13)18(23)25/h4-6,9-11H,7-8,21-22H2,1-3H3,(H2,23,25)(H,24,26). The molecule has 2 amide bonds. The van der Waals surface area contributed by atoms with Gasteiger partial charge in [-0.25, -0.2) is 0 Å². The number of rotatable bonds is 6. The summed E-state index contributed by atoms with van der Waals surface area (Å²) in [5, 5.41) is 2.92. The van der Waals surface area contributed by atoms with E-state index in [0.29, 0.717) is 29.2 Å². The largest absolute Gasteiger partial charge is 0.398 e. The van der Waals surface area contributed by atoms with E-state index < -0.39 is 5.91 Å². The Balaban J connectivity index is 2.43. The van der Waals surface area contributed by atoms with Crippen molar-refractivity contribution in [3.63, 3.8) is 0 Å². The molecule has 0 fully saturated rings. The predicted molar refractivity (Wildman–Crippen MR) is 112 cm³/mol. The molecule has 2 rings (SSSR count). The number of nitrogen functional groups attached to an aromatic ring is 1. The third-order valence-electron chi connectivity index (χ3n) is 4.01. The molecule has 7 heteroatoms. The highest BCUT2D eigenvalue weighted by molar-refractivity contribution is 7.99. The third kappa shape index (κ3) is 5.24. The van der Waals surface area contributed by atoms with Gasteiger partial charge in [0.25, 0.3) is 5.91 Å². The van der Waals surface area contributed by atoms with Crippen LogP contribution >= 0.6 is 11.8 Å². The number of carbonyl (C=O) groups excluding carboxylic acids is 2. The fourth-order valence-electron chi connectivity index (χ4n) is 2.51. The van der Waals surface area contributed by atoms with Crippen molar-refractivity contribution in [2.45, 2.75) is 31.1 Å². The van der Waals surface area contributed by atoms with Gasteiger partial charge < -0.3 is 22.5 Å². The smallest absolute Gasteiger partial charge is 0.255 e. The first-order valence-electron chi connectivity index (χ1n) is 8.61. The molecule has 0 aliphatic carbocycles. The van der Waals surface area contributed by atoms with Crippen LogP contribution in [-0.2, 0) is 5.41 Å². The molecule has 0 bridgehead atoms. The lowest BCUT2D eigenvalue weighted by Crippen LogP contribution is -2.18. The van der Waals surface area contributed by atoms with Crippen LogP contribution in [0.5, 0.6) is 0 Å². The highest BCUT2D eigenvalue weighted by Crippen LogP contribution is 2.37. The number of primary amides is 1. The van der Waals surface area contributed by atoms with E-state index in [1.165, 1.54) is 17.8 Å². The van der Waals surface area contributed by atoms with E-state index in [1.54, 1.807) is 18.2 Å². The Hall–Kier alpha value is -2.51. The molecule has 0 spiro atoms. The van der Waals surface area contributed by atoms with Gasteiger partial charge in [0.1, 0.15) is 0 Å². The summed E-state index contributed by atoms with van der Waals surface area (Å²) in [6.45, 7) is 6.74. The lowest BCUT2D eigenvalue weighted by molar-refractivity contribution is 0.1000. The molecule has 0 heterocycles. The lowest BCUT2D eigenvalue weighted by Gasteiger charge is -2.23. The van der Waals surface area contributed by atoms with Crippen molar-refractivity contribution >= 4 is 35.0 Å². The minimum absolute atomic E-state index is 0.128. The molecule has 0 atom stereocenters. The van der Waals surface area contributed by atoms with Gasteiger partial charge in [-0.3, -0.25) is 9.59 Å². The number of benzene rings is 2. The van der Waals surface area contributed by atoms with Crippen LogP contribution in [0.1, 0.15) is 47.1 Å². The molecule has 0 aliphatic heterocycles. The topological polar surface area (TPSA) is 124 Å². The van der Waals surface area contributed by atoms with Gasteiger partial charge in [-0.2, -0.15) is 0 Å². The Morgan fingerprint density at radius 2 is 1.78 bits per heavy atom. The van der Waals surface area contributed by atoms with Crippen LogP contribution in [-0.4, -0.2) is 24.1 Å². The number of hydrogen-bond acceptors (Lipinski definition) is 5. The lowest BCUT2D eigenvalue weighted by atomic mass is 9.86. The number of anilines is 2. The number of nitrogens with one attached hydrogen (secondary N) is 1. The predicted octanol–water partition coefficient (Wildman–Crippen LogP) is 2.97. The minimum atomic E-state index is -0.581. The SMILES string of the molecule is CC(C)(C)c1cc(N)c(SCCN)c(NC(=O)c2cccc(C(N)=O)c2)c1. The van der Waals surface area contributed by atoms with Crippen LogP contribution in [0.15, 0.2) is 41.3 Å². The molecular formula is C20H26N4O2S. The zero-order valence-corrected chi connectivity index (χ0v) is 16.7. The minimum Gasteiger partial charge on any atom is -0.398 e. The fraction of sp³-hybridized carbons (Fsp3) is 0.300. The third-order valence-corrected chi connectivity index (χ3v) is 5.19. The van der Waals surface area contributed by atoms with Gasteiger partial charge in [0.2, 0.25) is 5.91 Å². The summed E-state index contributed by atoms with van der Waals surface area (Å²) >= 11 is 1.50. The van der Waals surface area contributed by atoms with E-state index in [0.717, 1.165) is 10.5 Å². The molecular weight excluding hydrogens is 360 g/mol. The number of thioether (sulfide) groups is 1.